The van der Waals surface area contributed by atoms with Gasteiger partial charge >= 0.3 is 0 Å². The number of nitrogens with zero attached hydrogens (tertiary/aromatic N) is 1. The highest BCUT2D eigenvalue weighted by Gasteiger charge is 2.11. The molecule has 2 aromatic rings. The molecule has 1 aliphatic heterocycles. The van der Waals surface area contributed by atoms with Crippen molar-refractivity contribution in [1.82, 2.24) is 10.2 Å². The second kappa shape index (κ2) is 9.74. The van der Waals surface area contributed by atoms with Crippen LogP contribution in [0.4, 0.5) is 0 Å². The van der Waals surface area contributed by atoms with Crippen molar-refractivity contribution in [3.63, 3.8) is 0 Å². The van der Waals surface area contributed by atoms with Gasteiger partial charge in [0.2, 0.25) is 0 Å². The molecule has 1 heterocycles. The highest BCUT2D eigenvalue weighted by molar-refractivity contribution is 6.31. The summed E-state index contributed by atoms with van der Waals surface area (Å²) in [4.78, 5) is 14.4. The van der Waals surface area contributed by atoms with Crippen molar-refractivity contribution in [3.05, 3.63) is 64.2 Å². The molecule has 6 heteroatoms. The number of rotatable bonds is 7. The predicted octanol–water partition coefficient (Wildman–Crippen LogP) is 3.18. The highest BCUT2D eigenvalue weighted by Crippen LogP contribution is 2.20. The summed E-state index contributed by atoms with van der Waals surface area (Å²) in [5.41, 5.74) is 3.25. The molecule has 0 unspecified atom stereocenters. The average molecular weight is 389 g/mol. The fraction of sp³-hybridized carbons (Fsp3) is 0.381. The van der Waals surface area contributed by atoms with Crippen LogP contribution in [0, 0.1) is 6.92 Å². The summed E-state index contributed by atoms with van der Waals surface area (Å²) >= 11 is 5.99. The van der Waals surface area contributed by atoms with Crippen molar-refractivity contribution >= 4 is 17.5 Å². The van der Waals surface area contributed by atoms with E-state index in [1.807, 2.05) is 25.1 Å². The zero-order chi connectivity index (χ0) is 19.1. The number of hydrogen-bond acceptors (Lipinski definition) is 4. The minimum atomic E-state index is -0.152. The Bertz CT molecular complexity index is 776. The first-order chi connectivity index (χ1) is 13.1. The molecule has 1 N–H and O–H groups in total. The molecule has 27 heavy (non-hydrogen) atoms. The molecule has 1 saturated heterocycles. The summed E-state index contributed by atoms with van der Waals surface area (Å²) in [5.74, 6) is 0.487. The van der Waals surface area contributed by atoms with Gasteiger partial charge in [0.15, 0.2) is 6.61 Å². The molecular formula is C21H25ClN2O3. The van der Waals surface area contributed by atoms with E-state index in [0.29, 0.717) is 17.3 Å². The molecule has 1 amide bonds. The third-order valence-electron chi connectivity index (χ3n) is 4.49. The summed E-state index contributed by atoms with van der Waals surface area (Å²) in [6, 6.07) is 13.7. The number of morpholine rings is 1. The topological polar surface area (TPSA) is 50.8 Å². The molecule has 5 nitrogen and oxygen atoms in total. The second-order valence-electron chi connectivity index (χ2n) is 6.68. The summed E-state index contributed by atoms with van der Waals surface area (Å²) in [7, 11) is 0. The number of ether oxygens (including phenoxy) is 2. The standard InChI is InChI=1S/C21H25ClN2O3/c1-16-11-19(5-6-20(16)22)27-15-21(25)23-13-17-3-2-4-18(12-17)14-24-7-9-26-10-8-24/h2-6,11-12H,7-10,13-15H2,1H3,(H,23,25). The highest BCUT2D eigenvalue weighted by atomic mass is 35.5. The Morgan fingerprint density at radius 2 is 1.96 bits per heavy atom. The van der Waals surface area contributed by atoms with Crippen LogP contribution in [-0.2, 0) is 22.6 Å². The lowest BCUT2D eigenvalue weighted by Crippen LogP contribution is -2.35. The van der Waals surface area contributed by atoms with E-state index in [1.165, 1.54) is 5.56 Å². The van der Waals surface area contributed by atoms with E-state index >= 15 is 0 Å². The first-order valence-corrected chi connectivity index (χ1v) is 9.51. The number of benzene rings is 2. The van der Waals surface area contributed by atoms with Crippen molar-refractivity contribution in [2.24, 2.45) is 0 Å². The molecule has 144 valence electrons. The molecule has 0 atom stereocenters. The molecular weight excluding hydrogens is 364 g/mol. The van der Waals surface area contributed by atoms with Crippen molar-refractivity contribution in [2.45, 2.75) is 20.0 Å². The van der Waals surface area contributed by atoms with E-state index in [0.717, 1.165) is 44.0 Å². The maximum atomic E-state index is 12.1. The first-order valence-electron chi connectivity index (χ1n) is 9.14. The number of nitrogens with one attached hydrogen (secondary N) is 1. The van der Waals surface area contributed by atoms with Crippen LogP contribution in [0.3, 0.4) is 0 Å². The lowest BCUT2D eigenvalue weighted by molar-refractivity contribution is -0.123. The number of hydrogen-bond donors (Lipinski definition) is 1. The fourth-order valence-electron chi connectivity index (χ4n) is 2.96. The van der Waals surface area contributed by atoms with Gasteiger partial charge in [0.25, 0.3) is 5.91 Å². The van der Waals surface area contributed by atoms with Gasteiger partial charge in [-0.3, -0.25) is 9.69 Å². The fourth-order valence-corrected chi connectivity index (χ4v) is 3.08. The van der Waals surface area contributed by atoms with E-state index in [1.54, 1.807) is 12.1 Å². The van der Waals surface area contributed by atoms with Gasteiger partial charge in [-0.25, -0.2) is 0 Å². The van der Waals surface area contributed by atoms with Gasteiger partial charge in [0.1, 0.15) is 5.75 Å². The third-order valence-corrected chi connectivity index (χ3v) is 4.91. The Morgan fingerprint density at radius 1 is 1.19 bits per heavy atom. The zero-order valence-electron chi connectivity index (χ0n) is 15.5. The molecule has 2 aromatic carbocycles. The predicted molar refractivity (Wildman–Crippen MR) is 106 cm³/mol. The number of amides is 1. The van der Waals surface area contributed by atoms with Gasteiger partial charge in [0.05, 0.1) is 13.2 Å². The Labute approximate surface area is 165 Å². The van der Waals surface area contributed by atoms with Crippen LogP contribution in [0.15, 0.2) is 42.5 Å². The molecule has 0 aromatic heterocycles. The van der Waals surface area contributed by atoms with Crippen LogP contribution < -0.4 is 10.1 Å². The monoisotopic (exact) mass is 388 g/mol. The zero-order valence-corrected chi connectivity index (χ0v) is 16.3. The molecule has 3 rings (SSSR count). The molecule has 0 spiro atoms. The SMILES string of the molecule is Cc1cc(OCC(=O)NCc2cccc(CN3CCOCC3)c2)ccc1Cl. The van der Waals surface area contributed by atoms with Gasteiger partial charge in [-0.1, -0.05) is 35.9 Å². The maximum absolute atomic E-state index is 12.1. The lowest BCUT2D eigenvalue weighted by Gasteiger charge is -2.26. The second-order valence-corrected chi connectivity index (χ2v) is 7.09. The Balaban J connectivity index is 1.45. The van der Waals surface area contributed by atoms with Crippen LogP contribution in [-0.4, -0.2) is 43.7 Å². The molecule has 1 fully saturated rings. The molecule has 1 aliphatic rings. The normalized spacial score (nSPS) is 14.7. The van der Waals surface area contributed by atoms with Crippen molar-refractivity contribution in [1.29, 1.82) is 0 Å². The first kappa shape index (κ1) is 19.7. The van der Waals surface area contributed by atoms with E-state index in [-0.39, 0.29) is 12.5 Å². The number of carbonyl (C=O) groups is 1. The van der Waals surface area contributed by atoms with Crippen molar-refractivity contribution in [2.75, 3.05) is 32.9 Å². The summed E-state index contributed by atoms with van der Waals surface area (Å²) in [6.45, 7) is 6.79. The van der Waals surface area contributed by atoms with Crippen LogP contribution in [0.2, 0.25) is 5.02 Å². The largest absolute Gasteiger partial charge is 0.484 e. The van der Waals surface area contributed by atoms with Gasteiger partial charge in [-0.05, 0) is 41.8 Å². The quantitative estimate of drug-likeness (QED) is 0.791. The number of aryl methyl sites for hydroxylation is 1. The van der Waals surface area contributed by atoms with Crippen molar-refractivity contribution < 1.29 is 14.3 Å². The van der Waals surface area contributed by atoms with E-state index in [9.17, 15) is 4.79 Å². The van der Waals surface area contributed by atoms with Crippen molar-refractivity contribution in [3.8, 4) is 5.75 Å². The van der Waals surface area contributed by atoms with E-state index in [4.69, 9.17) is 21.1 Å². The lowest BCUT2D eigenvalue weighted by atomic mass is 10.1. The molecule has 0 bridgehead atoms. The molecule has 0 aliphatic carbocycles. The minimum absolute atomic E-state index is 0.0193. The van der Waals surface area contributed by atoms with Gasteiger partial charge < -0.3 is 14.8 Å². The van der Waals surface area contributed by atoms with Crippen LogP contribution in [0.25, 0.3) is 0 Å². The average Bonchev–Trinajstić information content (AvgIpc) is 2.68. The Hall–Kier alpha value is -2.08. The van der Waals surface area contributed by atoms with Gasteiger partial charge in [0, 0.05) is 31.2 Å². The smallest absolute Gasteiger partial charge is 0.258 e. The van der Waals surface area contributed by atoms with E-state index in [2.05, 4.69) is 22.3 Å². The Morgan fingerprint density at radius 3 is 2.74 bits per heavy atom. The van der Waals surface area contributed by atoms with Crippen LogP contribution >= 0.6 is 11.6 Å². The van der Waals surface area contributed by atoms with E-state index < -0.39 is 0 Å². The van der Waals surface area contributed by atoms with Crippen LogP contribution in [0.5, 0.6) is 5.75 Å². The van der Waals surface area contributed by atoms with Crippen LogP contribution in [0.1, 0.15) is 16.7 Å². The third kappa shape index (κ3) is 6.24. The maximum Gasteiger partial charge on any atom is 0.258 e. The number of halogens is 1. The van der Waals surface area contributed by atoms with Gasteiger partial charge in [-0.2, -0.15) is 0 Å². The Kier molecular flexibility index (Phi) is 7.10. The summed E-state index contributed by atoms with van der Waals surface area (Å²) in [5, 5.41) is 3.59. The summed E-state index contributed by atoms with van der Waals surface area (Å²) < 4.78 is 10.9. The summed E-state index contributed by atoms with van der Waals surface area (Å²) in [6.07, 6.45) is 0. The molecule has 0 radical (unpaired) electrons. The molecule has 0 saturated carbocycles. The number of carbonyl (C=O) groups excluding carboxylic acids is 1. The van der Waals surface area contributed by atoms with Gasteiger partial charge in [-0.15, -0.1) is 0 Å². The minimum Gasteiger partial charge on any atom is -0.484 e.